The van der Waals surface area contributed by atoms with Crippen molar-refractivity contribution >= 4 is 16.8 Å². The molecule has 0 N–H and O–H groups in total. The van der Waals surface area contributed by atoms with Crippen LogP contribution in [0.3, 0.4) is 0 Å². The minimum Gasteiger partial charge on any atom is -0.334 e. The summed E-state index contributed by atoms with van der Waals surface area (Å²) in [5, 5.41) is 0.859. The zero-order valence-electron chi connectivity index (χ0n) is 14.2. The second-order valence-electron chi connectivity index (χ2n) is 7.25. The second kappa shape index (κ2) is 5.74. The largest absolute Gasteiger partial charge is 0.334 e. The molecule has 1 aromatic heterocycles. The predicted octanol–water partition coefficient (Wildman–Crippen LogP) is 1.70. The van der Waals surface area contributed by atoms with E-state index >= 15 is 0 Å². The molecule has 24 heavy (non-hydrogen) atoms. The normalized spacial score (nSPS) is 24.3. The van der Waals surface area contributed by atoms with Crippen molar-refractivity contribution < 1.29 is 4.79 Å². The molecule has 0 aliphatic carbocycles. The Bertz CT molecular complexity index is 857. The number of benzene rings is 1. The summed E-state index contributed by atoms with van der Waals surface area (Å²) in [5.74, 6) is 0.546. The first-order chi connectivity index (χ1) is 11.5. The van der Waals surface area contributed by atoms with Gasteiger partial charge in [0.2, 0.25) is 0 Å². The highest BCUT2D eigenvalue weighted by Gasteiger charge is 2.36. The van der Waals surface area contributed by atoms with Crippen molar-refractivity contribution in [3.8, 4) is 0 Å². The summed E-state index contributed by atoms with van der Waals surface area (Å²) >= 11 is 0. The number of carbonyl (C=O) groups excluding carboxylic acids is 1. The molecule has 1 amide bonds. The number of amides is 1. The Morgan fingerprint density at radius 2 is 1.88 bits per heavy atom. The van der Waals surface area contributed by atoms with Crippen molar-refractivity contribution in [2.45, 2.75) is 18.9 Å². The van der Waals surface area contributed by atoms with Crippen LogP contribution in [-0.4, -0.2) is 53.0 Å². The Labute approximate surface area is 141 Å². The number of rotatable bonds is 1. The molecule has 4 heterocycles. The smallest absolute Gasteiger partial charge is 0.255 e. The lowest BCUT2D eigenvalue weighted by Gasteiger charge is -2.36. The third-order valence-corrected chi connectivity index (χ3v) is 5.54. The highest BCUT2D eigenvalue weighted by Crippen LogP contribution is 2.29. The van der Waals surface area contributed by atoms with Gasteiger partial charge in [0.25, 0.3) is 11.5 Å². The van der Waals surface area contributed by atoms with Crippen molar-refractivity contribution in [1.29, 1.82) is 0 Å². The van der Waals surface area contributed by atoms with Crippen molar-refractivity contribution in [2.24, 2.45) is 13.0 Å². The lowest BCUT2D eigenvalue weighted by molar-refractivity contribution is 0.0589. The van der Waals surface area contributed by atoms with Crippen molar-refractivity contribution in [3.63, 3.8) is 0 Å². The third kappa shape index (κ3) is 2.44. The molecule has 0 unspecified atom stereocenters. The van der Waals surface area contributed by atoms with Crippen LogP contribution in [0.1, 0.15) is 23.2 Å². The predicted molar refractivity (Wildman–Crippen MR) is 94.2 cm³/mol. The number of hydrogen-bond acceptors (Lipinski definition) is 3. The van der Waals surface area contributed by atoms with Gasteiger partial charge in [0.05, 0.1) is 11.1 Å². The molecule has 5 rings (SSSR count). The van der Waals surface area contributed by atoms with E-state index in [-0.39, 0.29) is 17.5 Å². The van der Waals surface area contributed by atoms with Crippen LogP contribution in [0.5, 0.6) is 0 Å². The zero-order chi connectivity index (χ0) is 16.8. The van der Waals surface area contributed by atoms with Gasteiger partial charge in [0, 0.05) is 44.2 Å². The highest BCUT2D eigenvalue weighted by atomic mass is 16.2. The molecule has 2 aromatic rings. The maximum absolute atomic E-state index is 13.3. The molecular formula is C19H23N3O2. The first-order valence-electron chi connectivity index (χ1n) is 8.63. The molecule has 1 aromatic carbocycles. The molecule has 0 saturated carbocycles. The average Bonchev–Trinajstić information content (AvgIpc) is 2.86. The summed E-state index contributed by atoms with van der Waals surface area (Å²) in [6.45, 7) is 2.78. The molecule has 5 heteroatoms. The van der Waals surface area contributed by atoms with E-state index in [9.17, 15) is 9.59 Å². The fraction of sp³-hybridized carbons (Fsp3) is 0.474. The summed E-state index contributed by atoms with van der Waals surface area (Å²) < 4.78 is 1.61. The molecule has 126 valence electrons. The summed E-state index contributed by atoms with van der Waals surface area (Å²) in [7, 11) is 3.88. The molecule has 3 aliphatic heterocycles. The number of pyridine rings is 1. The fourth-order valence-corrected chi connectivity index (χ4v) is 4.31. The Morgan fingerprint density at radius 3 is 2.71 bits per heavy atom. The van der Waals surface area contributed by atoms with Gasteiger partial charge in [-0.15, -0.1) is 0 Å². The van der Waals surface area contributed by atoms with Gasteiger partial charge in [0.1, 0.15) is 0 Å². The Hall–Kier alpha value is -2.14. The van der Waals surface area contributed by atoms with E-state index in [1.54, 1.807) is 11.6 Å². The third-order valence-electron chi connectivity index (χ3n) is 5.54. The lowest BCUT2D eigenvalue weighted by Crippen LogP contribution is -2.47. The van der Waals surface area contributed by atoms with Crippen LogP contribution in [0.15, 0.2) is 35.1 Å². The SMILES string of the molecule is CN1C[C@@H]2CC[C@H](C1)N(C(=O)c1cc(=O)n(C)c3ccccc13)C2. The molecule has 2 atom stereocenters. The van der Waals surface area contributed by atoms with Gasteiger partial charge < -0.3 is 14.4 Å². The standard InChI is InChI=1S/C19H23N3O2/c1-20-10-13-7-8-14(12-20)22(11-13)19(24)16-9-18(23)21(2)17-6-4-3-5-15(16)17/h3-6,9,13-14H,7-8,10-12H2,1-2H3/t13-,14+/m0/s1. The van der Waals surface area contributed by atoms with E-state index in [4.69, 9.17) is 0 Å². The minimum absolute atomic E-state index is 0.00824. The number of carbonyl (C=O) groups is 1. The molecule has 2 bridgehead atoms. The highest BCUT2D eigenvalue weighted by molar-refractivity contribution is 6.06. The fourth-order valence-electron chi connectivity index (χ4n) is 4.31. The van der Waals surface area contributed by atoms with Crippen LogP contribution in [0.4, 0.5) is 0 Å². The molecule has 3 fully saturated rings. The van der Waals surface area contributed by atoms with Gasteiger partial charge in [-0.3, -0.25) is 9.59 Å². The Balaban J connectivity index is 1.79. The van der Waals surface area contributed by atoms with Gasteiger partial charge in [-0.1, -0.05) is 18.2 Å². The first-order valence-corrected chi connectivity index (χ1v) is 8.63. The topological polar surface area (TPSA) is 45.6 Å². The van der Waals surface area contributed by atoms with Crippen molar-refractivity contribution in [2.75, 3.05) is 26.7 Å². The quantitative estimate of drug-likeness (QED) is 0.802. The van der Waals surface area contributed by atoms with Gasteiger partial charge in [-0.25, -0.2) is 0 Å². The van der Waals surface area contributed by atoms with Crippen molar-refractivity contribution in [3.05, 3.63) is 46.2 Å². The first kappa shape index (κ1) is 15.4. The number of aromatic nitrogens is 1. The van der Waals surface area contributed by atoms with Gasteiger partial charge >= 0.3 is 0 Å². The summed E-state index contributed by atoms with van der Waals surface area (Å²) in [6.07, 6.45) is 2.25. The minimum atomic E-state index is -0.130. The summed E-state index contributed by atoms with van der Waals surface area (Å²) in [4.78, 5) is 29.9. The molecule has 3 aliphatic rings. The van der Waals surface area contributed by atoms with Gasteiger partial charge in [0.15, 0.2) is 0 Å². The van der Waals surface area contributed by atoms with E-state index in [1.807, 2.05) is 29.2 Å². The lowest BCUT2D eigenvalue weighted by atomic mass is 9.94. The zero-order valence-corrected chi connectivity index (χ0v) is 14.2. The average molecular weight is 325 g/mol. The molecule has 3 saturated heterocycles. The van der Waals surface area contributed by atoms with E-state index < -0.39 is 0 Å². The number of para-hydroxylation sites is 1. The molecule has 0 radical (unpaired) electrons. The monoisotopic (exact) mass is 325 g/mol. The van der Waals surface area contributed by atoms with Crippen LogP contribution in [0, 0.1) is 5.92 Å². The maximum atomic E-state index is 13.3. The number of piperidine rings is 1. The van der Waals surface area contributed by atoms with E-state index in [1.165, 1.54) is 12.5 Å². The number of nitrogens with zero attached hydrogens (tertiary/aromatic N) is 3. The van der Waals surface area contributed by atoms with Gasteiger partial charge in [-0.2, -0.15) is 0 Å². The number of fused-ring (bicyclic) bond motifs is 5. The summed E-state index contributed by atoms with van der Waals surface area (Å²) in [6, 6.07) is 9.42. The molecule has 0 spiro atoms. The second-order valence-corrected chi connectivity index (χ2v) is 7.25. The van der Waals surface area contributed by atoms with E-state index in [0.29, 0.717) is 11.5 Å². The Morgan fingerprint density at radius 1 is 1.08 bits per heavy atom. The van der Waals surface area contributed by atoms with Gasteiger partial charge in [-0.05, 0) is 31.9 Å². The number of hydrogen-bond donors (Lipinski definition) is 0. The van der Waals surface area contributed by atoms with Crippen molar-refractivity contribution in [1.82, 2.24) is 14.4 Å². The van der Waals surface area contributed by atoms with Crippen LogP contribution in [-0.2, 0) is 7.05 Å². The molecule has 5 nitrogen and oxygen atoms in total. The molecular weight excluding hydrogens is 302 g/mol. The van der Waals surface area contributed by atoms with Crippen LogP contribution >= 0.6 is 0 Å². The summed E-state index contributed by atoms with van der Waals surface area (Å²) in [5.41, 5.74) is 1.23. The van der Waals surface area contributed by atoms with Crippen LogP contribution < -0.4 is 5.56 Å². The van der Waals surface area contributed by atoms with E-state index in [2.05, 4.69) is 11.9 Å². The Kier molecular flexibility index (Phi) is 3.68. The van der Waals surface area contributed by atoms with Crippen LogP contribution in [0.2, 0.25) is 0 Å². The number of aryl methyl sites for hydroxylation is 1. The van der Waals surface area contributed by atoms with E-state index in [0.717, 1.165) is 37.0 Å². The maximum Gasteiger partial charge on any atom is 0.255 e. The van der Waals surface area contributed by atoms with Crippen LogP contribution in [0.25, 0.3) is 10.9 Å². The number of likely N-dealkylation sites (N-methyl/N-ethyl adjacent to an activating group) is 1.